The highest BCUT2D eigenvalue weighted by Gasteiger charge is 2.22. The molecule has 0 saturated heterocycles. The molecule has 3 rings (SSSR count). The Bertz CT molecular complexity index is 1060. The molecule has 1 atom stereocenters. The number of halogens is 2. The summed E-state index contributed by atoms with van der Waals surface area (Å²) < 4.78 is 12.4. The number of rotatable bonds is 6. The summed E-state index contributed by atoms with van der Waals surface area (Å²) >= 11 is 9.61. The average molecular weight is 473 g/mol. The zero-order chi connectivity index (χ0) is 21.0. The van der Waals surface area contributed by atoms with E-state index in [4.69, 9.17) is 20.8 Å². The van der Waals surface area contributed by atoms with Crippen molar-refractivity contribution in [2.45, 2.75) is 13.0 Å². The van der Waals surface area contributed by atoms with Crippen LogP contribution in [0.4, 0.5) is 10.5 Å². The van der Waals surface area contributed by atoms with Gasteiger partial charge in [0.15, 0.2) is 5.76 Å². The van der Waals surface area contributed by atoms with Crippen molar-refractivity contribution in [3.8, 4) is 11.3 Å². The standard InChI is InChI=1S/C23H19BrClNO3/c1-4-17-20(5-2)29-22(15-10-12-16(24)13-11-15)21(17)26-23(27)28-14(3)18-8-6-7-9-19(18)25/h4-14H,1-2H2,3H3,(H,26,27)/t14-/m1/s1. The molecule has 1 aromatic heterocycles. The van der Waals surface area contributed by atoms with E-state index in [1.165, 1.54) is 0 Å². The second-order valence-corrected chi connectivity index (χ2v) is 7.52. The fourth-order valence-electron chi connectivity index (χ4n) is 2.90. The predicted molar refractivity (Wildman–Crippen MR) is 122 cm³/mol. The molecule has 0 aliphatic rings. The fourth-order valence-corrected chi connectivity index (χ4v) is 3.46. The Morgan fingerprint density at radius 1 is 1.17 bits per heavy atom. The fraction of sp³-hybridized carbons (Fsp3) is 0.0870. The maximum absolute atomic E-state index is 12.6. The molecule has 0 spiro atoms. The second-order valence-electron chi connectivity index (χ2n) is 6.19. The third kappa shape index (κ3) is 4.63. The molecule has 6 heteroatoms. The van der Waals surface area contributed by atoms with Crippen molar-refractivity contribution in [2.75, 3.05) is 5.32 Å². The van der Waals surface area contributed by atoms with Crippen LogP contribution in [0, 0.1) is 0 Å². The van der Waals surface area contributed by atoms with Gasteiger partial charge in [-0.25, -0.2) is 4.79 Å². The number of anilines is 1. The summed E-state index contributed by atoms with van der Waals surface area (Å²) in [7, 11) is 0. The van der Waals surface area contributed by atoms with E-state index in [9.17, 15) is 4.79 Å². The monoisotopic (exact) mass is 471 g/mol. The first-order chi connectivity index (χ1) is 13.9. The van der Waals surface area contributed by atoms with Gasteiger partial charge in [-0.3, -0.25) is 5.32 Å². The lowest BCUT2D eigenvalue weighted by molar-refractivity contribution is 0.121. The lowest BCUT2D eigenvalue weighted by atomic mass is 10.1. The summed E-state index contributed by atoms with van der Waals surface area (Å²) in [4.78, 5) is 12.6. The zero-order valence-corrected chi connectivity index (χ0v) is 18.1. The van der Waals surface area contributed by atoms with Gasteiger partial charge in [-0.05, 0) is 31.2 Å². The lowest BCUT2D eigenvalue weighted by Crippen LogP contribution is -2.17. The number of ether oxygens (including phenoxy) is 1. The van der Waals surface area contributed by atoms with Gasteiger partial charge in [0.05, 0.1) is 5.69 Å². The smallest absolute Gasteiger partial charge is 0.412 e. The van der Waals surface area contributed by atoms with Gasteiger partial charge in [-0.2, -0.15) is 0 Å². The summed E-state index contributed by atoms with van der Waals surface area (Å²) in [5.74, 6) is 0.997. The van der Waals surface area contributed by atoms with Crippen molar-refractivity contribution in [3.05, 3.63) is 88.1 Å². The molecule has 3 aromatic rings. The van der Waals surface area contributed by atoms with Crippen LogP contribution in [0.3, 0.4) is 0 Å². The van der Waals surface area contributed by atoms with Crippen LogP contribution in [-0.4, -0.2) is 6.09 Å². The van der Waals surface area contributed by atoms with Gasteiger partial charge in [0, 0.05) is 26.2 Å². The number of benzene rings is 2. The van der Waals surface area contributed by atoms with Crippen molar-refractivity contribution in [1.82, 2.24) is 0 Å². The van der Waals surface area contributed by atoms with Gasteiger partial charge >= 0.3 is 6.09 Å². The highest BCUT2D eigenvalue weighted by Crippen LogP contribution is 2.38. The minimum Gasteiger partial charge on any atom is -0.454 e. The SMILES string of the molecule is C=Cc1oc(-c2ccc(Br)cc2)c(NC(=O)O[C@H](C)c2ccccc2Cl)c1C=C. The molecule has 0 radical (unpaired) electrons. The van der Waals surface area contributed by atoms with Crippen molar-refractivity contribution >= 4 is 51.5 Å². The molecule has 4 nitrogen and oxygen atoms in total. The Morgan fingerprint density at radius 3 is 2.48 bits per heavy atom. The highest BCUT2D eigenvalue weighted by atomic mass is 79.9. The first kappa shape index (κ1) is 21.0. The number of furan rings is 1. The minimum absolute atomic E-state index is 0.466. The van der Waals surface area contributed by atoms with E-state index in [1.54, 1.807) is 25.1 Å². The topological polar surface area (TPSA) is 51.5 Å². The van der Waals surface area contributed by atoms with Gasteiger partial charge in [-0.15, -0.1) is 0 Å². The van der Waals surface area contributed by atoms with Crippen molar-refractivity contribution in [2.24, 2.45) is 0 Å². The van der Waals surface area contributed by atoms with E-state index in [2.05, 4.69) is 34.4 Å². The van der Waals surface area contributed by atoms with E-state index in [0.29, 0.717) is 27.8 Å². The average Bonchev–Trinajstić information content (AvgIpc) is 3.06. The number of amides is 1. The van der Waals surface area contributed by atoms with Crippen LogP contribution < -0.4 is 5.32 Å². The largest absolute Gasteiger partial charge is 0.454 e. The Labute approximate surface area is 183 Å². The first-order valence-electron chi connectivity index (χ1n) is 8.84. The van der Waals surface area contributed by atoms with Crippen molar-refractivity contribution in [1.29, 1.82) is 0 Å². The van der Waals surface area contributed by atoms with Gasteiger partial charge in [-0.1, -0.05) is 77.1 Å². The van der Waals surface area contributed by atoms with Crippen LogP contribution in [0.25, 0.3) is 23.5 Å². The van der Waals surface area contributed by atoms with E-state index >= 15 is 0 Å². The number of hydrogen-bond acceptors (Lipinski definition) is 3. The number of hydrogen-bond donors (Lipinski definition) is 1. The Kier molecular flexibility index (Phi) is 6.62. The van der Waals surface area contributed by atoms with Crippen LogP contribution in [0.5, 0.6) is 0 Å². The van der Waals surface area contributed by atoms with E-state index in [0.717, 1.165) is 15.6 Å². The minimum atomic E-state index is -0.629. The molecular weight excluding hydrogens is 454 g/mol. The summed E-state index contributed by atoms with van der Waals surface area (Å²) in [6.45, 7) is 9.35. The highest BCUT2D eigenvalue weighted by molar-refractivity contribution is 9.10. The van der Waals surface area contributed by atoms with Crippen LogP contribution >= 0.6 is 27.5 Å². The van der Waals surface area contributed by atoms with E-state index in [1.807, 2.05) is 42.5 Å². The summed E-state index contributed by atoms with van der Waals surface area (Å²) in [5, 5.41) is 3.32. The first-order valence-corrected chi connectivity index (χ1v) is 10.0. The van der Waals surface area contributed by atoms with Gasteiger partial charge in [0.1, 0.15) is 11.9 Å². The summed E-state index contributed by atoms with van der Waals surface area (Å²) in [6, 6.07) is 14.8. The molecule has 1 heterocycles. The van der Waals surface area contributed by atoms with Crippen molar-refractivity contribution < 1.29 is 13.9 Å². The van der Waals surface area contributed by atoms with E-state index in [-0.39, 0.29) is 0 Å². The second kappa shape index (κ2) is 9.16. The molecule has 0 bridgehead atoms. The van der Waals surface area contributed by atoms with Gasteiger partial charge < -0.3 is 9.15 Å². The maximum Gasteiger partial charge on any atom is 0.412 e. The third-order valence-electron chi connectivity index (χ3n) is 4.32. The summed E-state index contributed by atoms with van der Waals surface area (Å²) in [5.41, 5.74) is 2.60. The molecule has 148 valence electrons. The van der Waals surface area contributed by atoms with Crippen molar-refractivity contribution in [3.63, 3.8) is 0 Å². The number of nitrogens with one attached hydrogen (secondary N) is 1. The number of carbonyl (C=O) groups is 1. The lowest BCUT2D eigenvalue weighted by Gasteiger charge is -2.15. The number of carbonyl (C=O) groups excluding carboxylic acids is 1. The molecular formula is C23H19BrClNO3. The Balaban J connectivity index is 1.91. The molecule has 0 saturated carbocycles. The van der Waals surface area contributed by atoms with Crippen LogP contribution in [-0.2, 0) is 4.74 Å². The Hall–Kier alpha value is -2.76. The normalized spacial score (nSPS) is 11.6. The van der Waals surface area contributed by atoms with Crippen LogP contribution in [0.1, 0.15) is 29.9 Å². The molecule has 0 unspecified atom stereocenters. The quantitative estimate of drug-likeness (QED) is 0.396. The molecule has 29 heavy (non-hydrogen) atoms. The van der Waals surface area contributed by atoms with Crippen LogP contribution in [0.2, 0.25) is 5.02 Å². The van der Waals surface area contributed by atoms with Gasteiger partial charge in [0.2, 0.25) is 0 Å². The van der Waals surface area contributed by atoms with Gasteiger partial charge in [0.25, 0.3) is 0 Å². The molecule has 2 aromatic carbocycles. The zero-order valence-electron chi connectivity index (χ0n) is 15.7. The molecule has 0 aliphatic heterocycles. The molecule has 1 N–H and O–H groups in total. The molecule has 0 aliphatic carbocycles. The molecule has 0 fully saturated rings. The van der Waals surface area contributed by atoms with E-state index < -0.39 is 12.2 Å². The maximum atomic E-state index is 12.6. The molecule has 1 amide bonds. The Morgan fingerprint density at radius 2 is 1.86 bits per heavy atom. The summed E-state index contributed by atoms with van der Waals surface area (Å²) in [6.07, 6.45) is 2.02. The van der Waals surface area contributed by atoms with Crippen LogP contribution in [0.15, 0.2) is 70.6 Å². The third-order valence-corrected chi connectivity index (χ3v) is 5.20. The predicted octanol–water partition coefficient (Wildman–Crippen LogP) is 7.96.